The molecule has 3 heteroatoms. The Bertz CT molecular complexity index is 498. The van der Waals surface area contributed by atoms with Gasteiger partial charge in [-0.3, -0.25) is 0 Å². The third-order valence-corrected chi connectivity index (χ3v) is 4.44. The van der Waals surface area contributed by atoms with Gasteiger partial charge in [-0.2, -0.15) is 0 Å². The van der Waals surface area contributed by atoms with Crippen molar-refractivity contribution >= 4 is 0 Å². The van der Waals surface area contributed by atoms with E-state index in [-0.39, 0.29) is 17.7 Å². The zero-order chi connectivity index (χ0) is 14.3. The maximum atomic E-state index is 6.22. The summed E-state index contributed by atoms with van der Waals surface area (Å²) < 4.78 is 12.3. The van der Waals surface area contributed by atoms with Crippen LogP contribution < -0.4 is 15.2 Å². The molecule has 1 aliphatic heterocycles. The molecule has 0 bridgehead atoms. The summed E-state index contributed by atoms with van der Waals surface area (Å²) in [6.45, 7) is 6.51. The molecule has 1 aromatic rings. The fourth-order valence-corrected chi connectivity index (χ4v) is 3.33. The second kappa shape index (κ2) is 4.96. The second-order valence-corrected chi connectivity index (χ2v) is 7.02. The predicted molar refractivity (Wildman–Crippen MR) is 80.3 cm³/mol. The highest BCUT2D eigenvalue weighted by Crippen LogP contribution is 2.42. The van der Waals surface area contributed by atoms with Crippen LogP contribution in [0.3, 0.4) is 0 Å². The zero-order valence-electron chi connectivity index (χ0n) is 12.7. The van der Waals surface area contributed by atoms with Crippen LogP contribution in [0.4, 0.5) is 0 Å². The molecule has 2 aliphatic rings. The molecule has 1 saturated carbocycles. The zero-order valence-corrected chi connectivity index (χ0v) is 12.7. The number of nitrogens with two attached hydrogens (primary N) is 1. The molecule has 20 heavy (non-hydrogen) atoms. The van der Waals surface area contributed by atoms with Crippen molar-refractivity contribution in [1.82, 2.24) is 0 Å². The van der Waals surface area contributed by atoms with E-state index in [0.717, 1.165) is 30.8 Å². The minimum atomic E-state index is -0.135. The predicted octanol–water partition coefficient (Wildman–Crippen LogP) is 3.29. The van der Waals surface area contributed by atoms with Crippen LogP contribution in [0.15, 0.2) is 18.2 Å². The molecule has 0 amide bonds. The van der Waals surface area contributed by atoms with Crippen LogP contribution in [0.5, 0.6) is 11.5 Å². The van der Waals surface area contributed by atoms with Gasteiger partial charge in [-0.05, 0) is 45.1 Å². The lowest BCUT2D eigenvalue weighted by molar-refractivity contribution is 0.0923. The van der Waals surface area contributed by atoms with Crippen molar-refractivity contribution in [3.05, 3.63) is 23.8 Å². The first-order chi connectivity index (χ1) is 9.44. The van der Waals surface area contributed by atoms with Crippen molar-refractivity contribution in [3.8, 4) is 11.5 Å². The molecule has 3 nitrogen and oxygen atoms in total. The van der Waals surface area contributed by atoms with E-state index in [4.69, 9.17) is 15.2 Å². The summed E-state index contributed by atoms with van der Waals surface area (Å²) in [5, 5.41) is 0. The van der Waals surface area contributed by atoms with Gasteiger partial charge in [0.1, 0.15) is 11.7 Å². The smallest absolute Gasteiger partial charge is 0.165 e. The number of benzene rings is 1. The molecule has 0 saturated heterocycles. The number of hydrogen-bond donors (Lipinski definition) is 1. The van der Waals surface area contributed by atoms with Crippen molar-refractivity contribution < 1.29 is 9.47 Å². The first-order valence-corrected chi connectivity index (χ1v) is 7.68. The fraction of sp³-hybridized carbons (Fsp3) is 0.647. The average molecular weight is 275 g/mol. The Morgan fingerprint density at radius 2 is 2.10 bits per heavy atom. The summed E-state index contributed by atoms with van der Waals surface area (Å²) in [5.74, 6) is 2.47. The normalized spacial score (nSPS) is 31.5. The van der Waals surface area contributed by atoms with E-state index in [9.17, 15) is 0 Å². The summed E-state index contributed by atoms with van der Waals surface area (Å²) in [4.78, 5) is 0. The Hall–Kier alpha value is -1.22. The SMILES string of the molecule is CC1CCC(N)C(Oc2cccc3c2OC(C)(C)C3)C1. The van der Waals surface area contributed by atoms with Crippen LogP contribution in [0.1, 0.15) is 45.6 Å². The van der Waals surface area contributed by atoms with Crippen molar-refractivity contribution in [2.24, 2.45) is 11.7 Å². The molecule has 2 N–H and O–H groups in total. The van der Waals surface area contributed by atoms with Gasteiger partial charge < -0.3 is 15.2 Å². The summed E-state index contributed by atoms with van der Waals surface area (Å²) in [6, 6.07) is 6.32. The number of fused-ring (bicyclic) bond motifs is 1. The Kier molecular flexibility index (Phi) is 3.41. The standard InChI is InChI=1S/C17H25NO2/c1-11-7-8-13(18)15(9-11)19-14-6-4-5-12-10-17(2,3)20-16(12)14/h4-6,11,13,15H,7-10,18H2,1-3H3. The summed E-state index contributed by atoms with van der Waals surface area (Å²) in [5.41, 5.74) is 7.33. The van der Waals surface area contributed by atoms with E-state index in [2.05, 4.69) is 32.9 Å². The van der Waals surface area contributed by atoms with Gasteiger partial charge in [-0.25, -0.2) is 0 Å². The molecular formula is C17H25NO2. The molecule has 110 valence electrons. The van der Waals surface area contributed by atoms with Crippen molar-refractivity contribution in [3.63, 3.8) is 0 Å². The molecule has 1 fully saturated rings. The van der Waals surface area contributed by atoms with E-state index in [1.54, 1.807) is 0 Å². The Morgan fingerprint density at radius 1 is 1.30 bits per heavy atom. The van der Waals surface area contributed by atoms with Crippen LogP contribution in [-0.2, 0) is 6.42 Å². The number of rotatable bonds is 2. The van der Waals surface area contributed by atoms with Gasteiger partial charge in [0, 0.05) is 18.0 Å². The lowest BCUT2D eigenvalue weighted by atomic mass is 9.85. The highest BCUT2D eigenvalue weighted by molar-refractivity contribution is 5.50. The molecule has 3 unspecified atom stereocenters. The minimum absolute atomic E-state index is 0.109. The molecule has 1 heterocycles. The third-order valence-electron chi connectivity index (χ3n) is 4.44. The van der Waals surface area contributed by atoms with Gasteiger partial charge >= 0.3 is 0 Å². The molecule has 3 atom stereocenters. The number of ether oxygens (including phenoxy) is 2. The van der Waals surface area contributed by atoms with Crippen LogP contribution >= 0.6 is 0 Å². The molecule has 0 spiro atoms. The van der Waals surface area contributed by atoms with Gasteiger partial charge in [0.2, 0.25) is 0 Å². The molecule has 1 aromatic carbocycles. The topological polar surface area (TPSA) is 44.5 Å². The van der Waals surface area contributed by atoms with Crippen LogP contribution in [0.25, 0.3) is 0 Å². The molecule has 1 aliphatic carbocycles. The monoisotopic (exact) mass is 275 g/mol. The van der Waals surface area contributed by atoms with Crippen molar-refractivity contribution in [1.29, 1.82) is 0 Å². The van der Waals surface area contributed by atoms with Gasteiger partial charge in [0.05, 0.1) is 0 Å². The van der Waals surface area contributed by atoms with E-state index < -0.39 is 0 Å². The number of para-hydroxylation sites is 1. The summed E-state index contributed by atoms with van der Waals surface area (Å²) >= 11 is 0. The first-order valence-electron chi connectivity index (χ1n) is 7.68. The van der Waals surface area contributed by atoms with Gasteiger partial charge in [-0.15, -0.1) is 0 Å². The van der Waals surface area contributed by atoms with Gasteiger partial charge in [-0.1, -0.05) is 19.1 Å². The molecule has 0 radical (unpaired) electrons. The molecule has 3 rings (SSSR count). The lowest BCUT2D eigenvalue weighted by Crippen LogP contribution is -2.43. The third kappa shape index (κ3) is 2.64. The lowest BCUT2D eigenvalue weighted by Gasteiger charge is -2.33. The van der Waals surface area contributed by atoms with E-state index in [1.165, 1.54) is 12.0 Å². The Labute approximate surface area is 121 Å². The largest absolute Gasteiger partial charge is 0.485 e. The highest BCUT2D eigenvalue weighted by Gasteiger charge is 2.34. The van der Waals surface area contributed by atoms with Crippen molar-refractivity contribution in [2.75, 3.05) is 0 Å². The Balaban J connectivity index is 1.81. The fourth-order valence-electron chi connectivity index (χ4n) is 3.33. The average Bonchev–Trinajstić information content (AvgIpc) is 2.69. The van der Waals surface area contributed by atoms with E-state index in [1.807, 2.05) is 6.07 Å². The van der Waals surface area contributed by atoms with Crippen LogP contribution in [0.2, 0.25) is 0 Å². The quantitative estimate of drug-likeness (QED) is 0.900. The first kappa shape index (κ1) is 13.7. The maximum Gasteiger partial charge on any atom is 0.165 e. The van der Waals surface area contributed by atoms with Gasteiger partial charge in [0.15, 0.2) is 11.5 Å². The van der Waals surface area contributed by atoms with Crippen molar-refractivity contribution in [2.45, 2.75) is 64.2 Å². The second-order valence-electron chi connectivity index (χ2n) is 7.02. The highest BCUT2D eigenvalue weighted by atomic mass is 16.5. The summed E-state index contributed by atoms with van der Waals surface area (Å²) in [6.07, 6.45) is 4.34. The van der Waals surface area contributed by atoms with Crippen LogP contribution in [-0.4, -0.2) is 17.7 Å². The van der Waals surface area contributed by atoms with Gasteiger partial charge in [0.25, 0.3) is 0 Å². The molecular weight excluding hydrogens is 250 g/mol. The summed E-state index contributed by atoms with van der Waals surface area (Å²) in [7, 11) is 0. The van der Waals surface area contributed by atoms with Crippen LogP contribution in [0, 0.1) is 5.92 Å². The Morgan fingerprint density at radius 3 is 2.90 bits per heavy atom. The maximum absolute atomic E-state index is 6.22. The van der Waals surface area contributed by atoms with E-state index >= 15 is 0 Å². The minimum Gasteiger partial charge on any atom is -0.485 e. The molecule has 0 aromatic heterocycles. The van der Waals surface area contributed by atoms with E-state index in [0.29, 0.717) is 5.92 Å². The number of hydrogen-bond acceptors (Lipinski definition) is 3.